The van der Waals surface area contributed by atoms with Gasteiger partial charge in [-0.25, -0.2) is 9.59 Å². The number of rotatable bonds is 2. The van der Waals surface area contributed by atoms with Crippen LogP contribution >= 0.6 is 0 Å². The summed E-state index contributed by atoms with van der Waals surface area (Å²) in [5, 5.41) is 16.3. The van der Waals surface area contributed by atoms with E-state index in [0.29, 0.717) is 13.2 Å². The maximum absolute atomic E-state index is 10.0. The zero-order valence-electron chi connectivity index (χ0n) is 7.93. The number of hydrogen-bond acceptors (Lipinski definition) is 5. The van der Waals surface area contributed by atoms with Crippen LogP contribution in [0.4, 0.5) is 4.79 Å². The number of hydrogen-bond donors (Lipinski definition) is 2. The zero-order valence-corrected chi connectivity index (χ0v) is 7.93. The summed E-state index contributed by atoms with van der Waals surface area (Å²) < 4.78 is 8.83. The van der Waals surface area contributed by atoms with Crippen LogP contribution in [0.1, 0.15) is 19.8 Å². The molecule has 0 aromatic heterocycles. The van der Waals surface area contributed by atoms with Gasteiger partial charge in [-0.2, -0.15) is 0 Å². The van der Waals surface area contributed by atoms with Gasteiger partial charge in [-0.1, -0.05) is 6.92 Å². The average Bonchev–Trinajstić information content (AvgIpc) is 2.18. The van der Waals surface area contributed by atoms with Gasteiger partial charge in [0.25, 0.3) is 0 Å². The van der Waals surface area contributed by atoms with E-state index in [9.17, 15) is 9.59 Å². The van der Waals surface area contributed by atoms with Crippen molar-refractivity contribution in [3.8, 4) is 0 Å². The van der Waals surface area contributed by atoms with Gasteiger partial charge in [0.1, 0.15) is 0 Å². The number of aliphatic hydroxyl groups excluding tert-OH is 1. The van der Waals surface area contributed by atoms with Gasteiger partial charge in [-0.05, 0) is 6.42 Å². The molecule has 1 aliphatic heterocycles. The van der Waals surface area contributed by atoms with Crippen molar-refractivity contribution in [1.29, 1.82) is 0 Å². The Bertz CT molecular complexity index is 180. The van der Waals surface area contributed by atoms with Gasteiger partial charge in [0.15, 0.2) is 6.10 Å². The normalized spacial score (nSPS) is 16.9. The highest BCUT2D eigenvalue weighted by Crippen LogP contribution is 1.95. The van der Waals surface area contributed by atoms with Crippen molar-refractivity contribution < 1.29 is 29.3 Å². The van der Waals surface area contributed by atoms with Gasteiger partial charge < -0.3 is 19.7 Å². The number of carbonyl (C=O) groups excluding carboxylic acids is 1. The lowest BCUT2D eigenvalue weighted by molar-refractivity contribution is -0.146. The van der Waals surface area contributed by atoms with Crippen molar-refractivity contribution in [3.63, 3.8) is 0 Å². The predicted molar refractivity (Wildman–Crippen MR) is 45.9 cm³/mol. The fourth-order valence-electron chi connectivity index (χ4n) is 0.586. The molecule has 1 aliphatic rings. The fourth-order valence-corrected chi connectivity index (χ4v) is 0.586. The molecule has 1 unspecified atom stereocenters. The first-order chi connectivity index (χ1) is 6.57. The third kappa shape index (κ3) is 6.24. The first kappa shape index (κ1) is 12.7. The van der Waals surface area contributed by atoms with E-state index in [2.05, 4.69) is 9.47 Å². The van der Waals surface area contributed by atoms with E-state index in [1.807, 2.05) is 0 Å². The average molecular weight is 206 g/mol. The lowest BCUT2D eigenvalue weighted by Crippen LogP contribution is -2.17. The minimum atomic E-state index is -1.18. The summed E-state index contributed by atoms with van der Waals surface area (Å²) in [6, 6.07) is 0. The van der Waals surface area contributed by atoms with E-state index in [-0.39, 0.29) is 6.42 Å². The van der Waals surface area contributed by atoms with Crippen LogP contribution in [0, 0.1) is 0 Å². The number of cyclic esters (lactones) is 2. The molecule has 1 fully saturated rings. The summed E-state index contributed by atoms with van der Waals surface area (Å²) in [5.74, 6) is -1.15. The van der Waals surface area contributed by atoms with Crippen molar-refractivity contribution >= 4 is 12.1 Å². The molecular weight excluding hydrogens is 192 g/mol. The predicted octanol–water partition coefficient (Wildman–Crippen LogP) is 0.385. The minimum absolute atomic E-state index is 0.273. The molecule has 82 valence electrons. The topological polar surface area (TPSA) is 93.1 Å². The second kappa shape index (κ2) is 7.14. The Morgan fingerprint density at radius 3 is 2.14 bits per heavy atom. The molecule has 0 saturated carbocycles. The summed E-state index contributed by atoms with van der Waals surface area (Å²) in [6.07, 6.45) is -0.618. The fraction of sp³-hybridized carbons (Fsp3) is 0.750. The Balaban J connectivity index is 0.000000241. The van der Waals surface area contributed by atoms with E-state index < -0.39 is 18.2 Å². The lowest BCUT2D eigenvalue weighted by atomic mass is 10.3. The molecule has 2 N–H and O–H groups in total. The number of ether oxygens (including phenoxy) is 2. The maximum Gasteiger partial charge on any atom is 0.508 e. The van der Waals surface area contributed by atoms with Crippen molar-refractivity contribution in [3.05, 3.63) is 0 Å². The molecule has 0 bridgehead atoms. The van der Waals surface area contributed by atoms with E-state index in [1.54, 1.807) is 6.92 Å². The van der Waals surface area contributed by atoms with Crippen molar-refractivity contribution in [1.82, 2.24) is 0 Å². The molecule has 0 spiro atoms. The molecule has 1 saturated heterocycles. The van der Waals surface area contributed by atoms with Crippen LogP contribution in [0.25, 0.3) is 0 Å². The molecule has 6 heteroatoms. The maximum atomic E-state index is 10.0. The minimum Gasteiger partial charge on any atom is -0.479 e. The molecule has 6 nitrogen and oxygen atoms in total. The Morgan fingerprint density at radius 2 is 2.00 bits per heavy atom. The number of carboxylic acid groups (broad SMARTS) is 1. The van der Waals surface area contributed by atoms with Crippen LogP contribution in [0.2, 0.25) is 0 Å². The van der Waals surface area contributed by atoms with Gasteiger partial charge in [0.2, 0.25) is 0 Å². The van der Waals surface area contributed by atoms with E-state index >= 15 is 0 Å². The van der Waals surface area contributed by atoms with E-state index in [0.717, 1.165) is 6.42 Å². The van der Waals surface area contributed by atoms with E-state index in [4.69, 9.17) is 10.2 Å². The van der Waals surface area contributed by atoms with Gasteiger partial charge >= 0.3 is 12.1 Å². The SMILES string of the molecule is CCC(O)C(=O)O.O=C1OCCCO1. The zero-order chi connectivity index (χ0) is 11.0. The van der Waals surface area contributed by atoms with Crippen LogP contribution in [0.15, 0.2) is 0 Å². The molecule has 1 rings (SSSR count). The Morgan fingerprint density at radius 1 is 1.50 bits per heavy atom. The summed E-state index contributed by atoms with van der Waals surface area (Å²) in [7, 11) is 0. The summed E-state index contributed by atoms with van der Waals surface area (Å²) in [5.41, 5.74) is 0. The third-order valence-electron chi connectivity index (χ3n) is 1.40. The van der Waals surface area contributed by atoms with Crippen LogP contribution in [0.5, 0.6) is 0 Å². The molecule has 14 heavy (non-hydrogen) atoms. The Kier molecular flexibility index (Phi) is 6.47. The number of carboxylic acids is 1. The molecule has 0 amide bonds. The third-order valence-corrected chi connectivity index (χ3v) is 1.40. The van der Waals surface area contributed by atoms with Crippen molar-refractivity contribution in [2.75, 3.05) is 13.2 Å². The highest BCUT2D eigenvalue weighted by atomic mass is 16.7. The van der Waals surface area contributed by atoms with Crippen LogP contribution < -0.4 is 0 Å². The highest BCUT2D eigenvalue weighted by molar-refractivity contribution is 5.71. The van der Waals surface area contributed by atoms with Crippen LogP contribution in [0.3, 0.4) is 0 Å². The Labute approximate surface area is 81.4 Å². The smallest absolute Gasteiger partial charge is 0.479 e. The largest absolute Gasteiger partial charge is 0.508 e. The van der Waals surface area contributed by atoms with Gasteiger partial charge in [0.05, 0.1) is 13.2 Å². The van der Waals surface area contributed by atoms with Crippen molar-refractivity contribution in [2.24, 2.45) is 0 Å². The quantitative estimate of drug-likeness (QED) is 0.634. The first-order valence-electron chi connectivity index (χ1n) is 4.28. The molecule has 1 atom stereocenters. The standard InChI is InChI=1S/C4H6O3.C4H8O3/c5-4-6-2-1-3-7-4;1-2-3(5)4(6)7/h1-3H2;3,5H,2H2,1H3,(H,6,7). The monoisotopic (exact) mass is 206 g/mol. The second-order valence-electron chi connectivity index (χ2n) is 2.56. The number of carbonyl (C=O) groups is 2. The molecule has 0 radical (unpaired) electrons. The Hall–Kier alpha value is -1.30. The number of aliphatic carboxylic acids is 1. The van der Waals surface area contributed by atoms with E-state index in [1.165, 1.54) is 0 Å². The van der Waals surface area contributed by atoms with Gasteiger partial charge in [0, 0.05) is 6.42 Å². The van der Waals surface area contributed by atoms with Gasteiger partial charge in [-0.3, -0.25) is 0 Å². The molecular formula is C8H14O6. The first-order valence-corrected chi connectivity index (χ1v) is 4.28. The number of aliphatic hydroxyl groups is 1. The molecule has 0 aliphatic carbocycles. The lowest BCUT2D eigenvalue weighted by Gasteiger charge is -2.09. The summed E-state index contributed by atoms with van der Waals surface area (Å²) in [4.78, 5) is 19.7. The molecule has 1 heterocycles. The summed E-state index contributed by atoms with van der Waals surface area (Å²) in [6.45, 7) is 2.64. The van der Waals surface area contributed by atoms with Crippen LogP contribution in [-0.2, 0) is 14.3 Å². The van der Waals surface area contributed by atoms with Crippen LogP contribution in [-0.4, -0.2) is 41.7 Å². The molecule has 0 aromatic carbocycles. The molecule has 0 aromatic rings. The van der Waals surface area contributed by atoms with Crippen molar-refractivity contribution in [2.45, 2.75) is 25.9 Å². The second-order valence-corrected chi connectivity index (χ2v) is 2.56. The summed E-state index contributed by atoms with van der Waals surface area (Å²) >= 11 is 0. The highest BCUT2D eigenvalue weighted by Gasteiger charge is 2.08. The van der Waals surface area contributed by atoms with Gasteiger partial charge in [-0.15, -0.1) is 0 Å².